The fourth-order valence-corrected chi connectivity index (χ4v) is 2.74. The maximum absolute atomic E-state index is 13.2. The van der Waals surface area contributed by atoms with E-state index in [4.69, 9.17) is 4.74 Å². The molecule has 5 heteroatoms. The van der Waals surface area contributed by atoms with Gasteiger partial charge in [0.05, 0.1) is 11.8 Å². The first-order valence-corrected chi connectivity index (χ1v) is 8.24. The molecule has 0 spiro atoms. The SMILES string of the molecule is CC(C)(C)OC(=O)N1N=C(c2ccc(F)cc2)C[C@H]1c1ccccc1. The second kappa shape index (κ2) is 6.67. The van der Waals surface area contributed by atoms with Gasteiger partial charge in [-0.3, -0.25) is 0 Å². The van der Waals surface area contributed by atoms with Crippen LogP contribution in [-0.4, -0.2) is 22.4 Å². The maximum atomic E-state index is 13.2. The summed E-state index contributed by atoms with van der Waals surface area (Å²) in [6.45, 7) is 5.47. The van der Waals surface area contributed by atoms with Crippen LogP contribution in [0.2, 0.25) is 0 Å². The second-order valence-electron chi connectivity index (χ2n) is 7.01. The number of hydrogen-bond donors (Lipinski definition) is 0. The van der Waals surface area contributed by atoms with Gasteiger partial charge < -0.3 is 4.74 Å². The van der Waals surface area contributed by atoms with Crippen molar-refractivity contribution in [2.45, 2.75) is 38.8 Å². The summed E-state index contributed by atoms with van der Waals surface area (Å²) in [7, 11) is 0. The summed E-state index contributed by atoms with van der Waals surface area (Å²) in [5.74, 6) is -0.300. The van der Waals surface area contributed by atoms with Gasteiger partial charge in [-0.05, 0) is 44.0 Å². The second-order valence-corrected chi connectivity index (χ2v) is 7.01. The molecule has 0 aliphatic carbocycles. The topological polar surface area (TPSA) is 41.9 Å². The zero-order chi connectivity index (χ0) is 18.0. The molecule has 0 saturated carbocycles. The molecule has 1 heterocycles. The van der Waals surface area contributed by atoms with E-state index in [-0.39, 0.29) is 11.9 Å². The number of hydrogen-bond acceptors (Lipinski definition) is 3. The molecule has 0 aromatic heterocycles. The number of amides is 1. The van der Waals surface area contributed by atoms with Gasteiger partial charge >= 0.3 is 6.09 Å². The van der Waals surface area contributed by atoms with Crippen molar-refractivity contribution in [3.05, 3.63) is 71.5 Å². The normalized spacial score (nSPS) is 17.4. The van der Waals surface area contributed by atoms with Crippen LogP contribution in [0.1, 0.15) is 44.4 Å². The molecule has 0 saturated heterocycles. The van der Waals surface area contributed by atoms with E-state index in [1.165, 1.54) is 17.1 Å². The van der Waals surface area contributed by atoms with Crippen LogP contribution in [0.15, 0.2) is 59.7 Å². The number of hydrazone groups is 1. The molecule has 0 N–H and O–H groups in total. The molecule has 1 atom stereocenters. The van der Waals surface area contributed by atoms with E-state index in [1.807, 2.05) is 51.1 Å². The van der Waals surface area contributed by atoms with Gasteiger partial charge in [0.2, 0.25) is 0 Å². The van der Waals surface area contributed by atoms with Gasteiger partial charge in [0.25, 0.3) is 0 Å². The third-order valence-corrected chi connectivity index (χ3v) is 3.85. The summed E-state index contributed by atoms with van der Waals surface area (Å²) >= 11 is 0. The van der Waals surface area contributed by atoms with Crippen molar-refractivity contribution in [3.63, 3.8) is 0 Å². The van der Waals surface area contributed by atoms with Gasteiger partial charge in [0.15, 0.2) is 0 Å². The minimum atomic E-state index is -0.605. The fraction of sp³-hybridized carbons (Fsp3) is 0.300. The van der Waals surface area contributed by atoms with Gasteiger partial charge in [-0.25, -0.2) is 9.18 Å². The highest BCUT2D eigenvalue weighted by molar-refractivity contribution is 6.02. The molecule has 0 unspecified atom stereocenters. The zero-order valence-corrected chi connectivity index (χ0v) is 14.6. The van der Waals surface area contributed by atoms with Crippen LogP contribution in [0.4, 0.5) is 9.18 Å². The highest BCUT2D eigenvalue weighted by Crippen LogP contribution is 2.33. The molecule has 2 aromatic carbocycles. The van der Waals surface area contributed by atoms with Gasteiger partial charge in [0.1, 0.15) is 11.4 Å². The van der Waals surface area contributed by atoms with Gasteiger partial charge in [-0.2, -0.15) is 10.1 Å². The summed E-state index contributed by atoms with van der Waals surface area (Å²) in [5.41, 5.74) is 1.91. The Balaban J connectivity index is 1.93. The Morgan fingerprint density at radius 3 is 2.36 bits per heavy atom. The monoisotopic (exact) mass is 340 g/mol. The van der Waals surface area contributed by atoms with Gasteiger partial charge in [0, 0.05) is 6.42 Å². The number of carbonyl (C=O) groups excluding carboxylic acids is 1. The van der Waals surface area contributed by atoms with Crippen molar-refractivity contribution in [1.82, 2.24) is 5.01 Å². The predicted octanol–water partition coefficient (Wildman–Crippen LogP) is 4.91. The molecule has 3 rings (SSSR count). The van der Waals surface area contributed by atoms with Crippen molar-refractivity contribution >= 4 is 11.8 Å². The number of benzene rings is 2. The molecule has 1 amide bonds. The van der Waals surface area contributed by atoms with E-state index < -0.39 is 11.7 Å². The average molecular weight is 340 g/mol. The number of carbonyl (C=O) groups is 1. The maximum Gasteiger partial charge on any atom is 0.431 e. The number of nitrogens with zero attached hydrogens (tertiary/aromatic N) is 2. The number of ether oxygens (including phenoxy) is 1. The molecule has 25 heavy (non-hydrogen) atoms. The average Bonchev–Trinajstić information content (AvgIpc) is 3.00. The van der Waals surface area contributed by atoms with E-state index in [9.17, 15) is 9.18 Å². The predicted molar refractivity (Wildman–Crippen MR) is 94.8 cm³/mol. The lowest BCUT2D eigenvalue weighted by Gasteiger charge is -2.26. The highest BCUT2D eigenvalue weighted by atomic mass is 19.1. The number of halogens is 1. The molecule has 1 aliphatic rings. The van der Waals surface area contributed by atoms with Crippen molar-refractivity contribution in [3.8, 4) is 0 Å². The molecule has 0 radical (unpaired) electrons. The summed E-state index contributed by atoms with van der Waals surface area (Å²) < 4.78 is 18.7. The zero-order valence-electron chi connectivity index (χ0n) is 14.6. The minimum absolute atomic E-state index is 0.240. The first kappa shape index (κ1) is 17.1. The summed E-state index contributed by atoms with van der Waals surface area (Å²) in [6, 6.07) is 15.6. The van der Waals surface area contributed by atoms with Crippen LogP contribution < -0.4 is 0 Å². The third-order valence-electron chi connectivity index (χ3n) is 3.85. The van der Waals surface area contributed by atoms with Gasteiger partial charge in [-0.1, -0.05) is 42.5 Å². The highest BCUT2D eigenvalue weighted by Gasteiger charge is 2.35. The van der Waals surface area contributed by atoms with E-state index in [1.54, 1.807) is 12.1 Å². The Hall–Kier alpha value is -2.69. The van der Waals surface area contributed by atoms with Gasteiger partial charge in [-0.15, -0.1) is 0 Å². The summed E-state index contributed by atoms with van der Waals surface area (Å²) in [6.07, 6.45) is 0.0630. The van der Waals surface area contributed by atoms with Crippen molar-refractivity contribution in [2.75, 3.05) is 0 Å². The molecular formula is C20H21FN2O2. The first-order chi connectivity index (χ1) is 11.8. The Morgan fingerprint density at radius 2 is 1.76 bits per heavy atom. The Kier molecular flexibility index (Phi) is 4.57. The molecule has 130 valence electrons. The lowest BCUT2D eigenvalue weighted by atomic mass is 9.98. The minimum Gasteiger partial charge on any atom is -0.442 e. The van der Waals surface area contributed by atoms with Crippen molar-refractivity contribution in [2.24, 2.45) is 5.10 Å². The van der Waals surface area contributed by atoms with Crippen LogP contribution in [0.5, 0.6) is 0 Å². The fourth-order valence-electron chi connectivity index (χ4n) is 2.74. The first-order valence-electron chi connectivity index (χ1n) is 8.24. The van der Waals surface area contributed by atoms with E-state index in [2.05, 4.69) is 5.10 Å². The van der Waals surface area contributed by atoms with Crippen LogP contribution in [0, 0.1) is 5.82 Å². The van der Waals surface area contributed by atoms with Crippen LogP contribution >= 0.6 is 0 Å². The molecule has 2 aromatic rings. The standard InChI is InChI=1S/C20H21FN2O2/c1-20(2,3)25-19(24)23-18(15-7-5-4-6-8-15)13-17(22-23)14-9-11-16(21)12-10-14/h4-12,18H,13H2,1-3H3/t18-/m0/s1. The van der Waals surface area contributed by atoms with Crippen LogP contribution in [-0.2, 0) is 4.74 Å². The molecule has 0 bridgehead atoms. The largest absolute Gasteiger partial charge is 0.442 e. The van der Waals surface area contributed by atoms with Crippen molar-refractivity contribution < 1.29 is 13.9 Å². The van der Waals surface area contributed by atoms with E-state index >= 15 is 0 Å². The quantitative estimate of drug-likeness (QED) is 0.779. The Labute approximate surface area is 146 Å². The number of rotatable bonds is 2. The van der Waals surface area contributed by atoms with Crippen molar-refractivity contribution in [1.29, 1.82) is 0 Å². The smallest absolute Gasteiger partial charge is 0.431 e. The summed E-state index contributed by atoms with van der Waals surface area (Å²) in [4.78, 5) is 12.6. The lowest BCUT2D eigenvalue weighted by molar-refractivity contribution is 0.0195. The molecule has 0 fully saturated rings. The molecular weight excluding hydrogens is 319 g/mol. The third kappa shape index (κ3) is 4.05. The van der Waals surface area contributed by atoms with E-state index in [0.29, 0.717) is 6.42 Å². The lowest BCUT2D eigenvalue weighted by Crippen LogP contribution is -2.34. The molecule has 1 aliphatic heterocycles. The Bertz CT molecular complexity index is 780. The Morgan fingerprint density at radius 1 is 1.12 bits per heavy atom. The molecule has 4 nitrogen and oxygen atoms in total. The van der Waals surface area contributed by atoms with E-state index in [0.717, 1.165) is 16.8 Å². The summed E-state index contributed by atoms with van der Waals surface area (Å²) in [5, 5.41) is 5.87. The van der Waals surface area contributed by atoms with Crippen LogP contribution in [0.3, 0.4) is 0 Å². The van der Waals surface area contributed by atoms with Crippen LogP contribution in [0.25, 0.3) is 0 Å².